The number of rotatable bonds is 6. The van der Waals surface area contributed by atoms with Gasteiger partial charge in [0.2, 0.25) is 0 Å². The van der Waals surface area contributed by atoms with E-state index in [4.69, 9.17) is 14.4 Å². The van der Waals surface area contributed by atoms with Gasteiger partial charge in [-0.3, -0.25) is 13.9 Å². The number of anilines is 2. The van der Waals surface area contributed by atoms with Crippen LogP contribution in [0.4, 0.5) is 11.4 Å². The molecule has 146 valence electrons. The predicted molar refractivity (Wildman–Crippen MR) is 98.5 cm³/mol. The van der Waals surface area contributed by atoms with Crippen LogP contribution in [0.15, 0.2) is 70.1 Å². The highest BCUT2D eigenvalue weighted by atomic mass is 32.2. The molecule has 0 atom stereocenters. The van der Waals surface area contributed by atoms with E-state index in [2.05, 4.69) is 10.6 Å². The number of carbonyl (C=O) groups excluding carboxylic acids is 1. The Hall–Kier alpha value is -3.24. The quantitative estimate of drug-likeness (QED) is 0.306. The van der Waals surface area contributed by atoms with E-state index in [0.29, 0.717) is 0 Å². The molecule has 10 nitrogen and oxygen atoms in total. The second kappa shape index (κ2) is 8.19. The lowest BCUT2D eigenvalue weighted by Crippen LogP contribution is -2.14. The Kier molecular flexibility index (Phi) is 6.16. The Labute approximate surface area is 160 Å². The minimum atomic E-state index is -4.41. The number of nitrogens with one attached hydrogen (secondary N) is 2. The zero-order chi connectivity index (χ0) is 20.9. The van der Waals surface area contributed by atoms with Crippen LogP contribution in [0.2, 0.25) is 0 Å². The zero-order valence-corrected chi connectivity index (χ0v) is 15.5. The molecule has 1 amide bonds. The topological polar surface area (TPSA) is 174 Å². The summed E-state index contributed by atoms with van der Waals surface area (Å²) >= 11 is 0. The molecule has 0 bridgehead atoms. The van der Waals surface area contributed by atoms with E-state index in [1.807, 2.05) is 0 Å². The van der Waals surface area contributed by atoms with Crippen LogP contribution in [0.5, 0.6) is 0 Å². The molecule has 12 heteroatoms. The van der Waals surface area contributed by atoms with Crippen LogP contribution in [0.25, 0.3) is 0 Å². The number of benzene rings is 2. The molecular weight excluding hydrogens is 410 g/mol. The minimum absolute atomic E-state index is 0.173. The summed E-state index contributed by atoms with van der Waals surface area (Å²) in [6, 6.07) is 11.3. The molecule has 28 heavy (non-hydrogen) atoms. The Morgan fingerprint density at radius 3 is 2.07 bits per heavy atom. The fourth-order valence-corrected chi connectivity index (χ4v) is 2.97. The van der Waals surface area contributed by atoms with Crippen molar-refractivity contribution in [3.05, 3.63) is 60.3 Å². The summed E-state index contributed by atoms with van der Waals surface area (Å²) in [7, 11) is -8.78. The highest BCUT2D eigenvalue weighted by Gasteiger charge is 2.13. The maximum Gasteiger partial charge on any atom is 0.294 e. The lowest BCUT2D eigenvalue weighted by molar-refractivity contribution is -0.112. The summed E-state index contributed by atoms with van der Waals surface area (Å²) in [6.07, 6.45) is 1.03. The molecule has 0 radical (unpaired) electrons. The Bertz CT molecular complexity index is 1180. The molecule has 0 aliphatic rings. The van der Waals surface area contributed by atoms with Gasteiger partial charge in [0, 0.05) is 17.6 Å². The number of amides is 1. The third-order valence-corrected chi connectivity index (χ3v) is 5.01. The molecule has 0 unspecified atom stereocenters. The van der Waals surface area contributed by atoms with Gasteiger partial charge in [-0.15, -0.1) is 0 Å². The van der Waals surface area contributed by atoms with E-state index in [1.165, 1.54) is 30.3 Å². The van der Waals surface area contributed by atoms with Crippen molar-refractivity contribution in [1.29, 1.82) is 5.26 Å². The Balaban J connectivity index is 2.14. The average molecular weight is 423 g/mol. The first-order valence-electron chi connectivity index (χ1n) is 7.34. The third-order valence-electron chi connectivity index (χ3n) is 3.29. The van der Waals surface area contributed by atoms with Crippen LogP contribution in [-0.4, -0.2) is 31.8 Å². The van der Waals surface area contributed by atoms with Crippen molar-refractivity contribution in [2.24, 2.45) is 0 Å². The molecule has 0 fully saturated rings. The molecular formula is C16H13N3O7S2. The Morgan fingerprint density at radius 1 is 0.929 bits per heavy atom. The summed E-state index contributed by atoms with van der Waals surface area (Å²) < 4.78 is 62.1. The van der Waals surface area contributed by atoms with Crippen molar-refractivity contribution in [3.63, 3.8) is 0 Å². The molecule has 2 aromatic carbocycles. The second-order valence-corrected chi connectivity index (χ2v) is 8.11. The van der Waals surface area contributed by atoms with Crippen molar-refractivity contribution in [1.82, 2.24) is 0 Å². The van der Waals surface area contributed by atoms with Crippen LogP contribution in [0.1, 0.15) is 0 Å². The summed E-state index contributed by atoms with van der Waals surface area (Å²) in [5.74, 6) is -0.819. The molecule has 0 aliphatic heterocycles. The number of hydrogen-bond donors (Lipinski definition) is 4. The van der Waals surface area contributed by atoms with Gasteiger partial charge in [0.1, 0.15) is 11.6 Å². The lowest BCUT2D eigenvalue weighted by atomic mass is 10.2. The standard InChI is InChI=1S/C16H13N3O7S2/c17-9-11(10-18-13-2-1-3-15(8-13)28(24,25)26)16(20)19-12-4-6-14(7-5-12)27(21,22)23/h1-8,10,18H,(H,19,20)(H,21,22,23)(H,24,25,26)/b11-10-. The van der Waals surface area contributed by atoms with Crippen LogP contribution >= 0.6 is 0 Å². The number of nitrogens with zero attached hydrogens (tertiary/aromatic N) is 1. The van der Waals surface area contributed by atoms with Gasteiger partial charge in [0.05, 0.1) is 9.79 Å². The van der Waals surface area contributed by atoms with E-state index in [-0.39, 0.29) is 26.7 Å². The van der Waals surface area contributed by atoms with Crippen molar-refractivity contribution in [3.8, 4) is 6.07 Å². The maximum atomic E-state index is 12.1. The van der Waals surface area contributed by atoms with Crippen molar-refractivity contribution < 1.29 is 30.7 Å². The third kappa shape index (κ3) is 5.63. The van der Waals surface area contributed by atoms with Gasteiger partial charge >= 0.3 is 0 Å². The van der Waals surface area contributed by atoms with Crippen molar-refractivity contribution in [2.75, 3.05) is 10.6 Å². The van der Waals surface area contributed by atoms with E-state index < -0.39 is 26.1 Å². The molecule has 0 heterocycles. The highest BCUT2D eigenvalue weighted by molar-refractivity contribution is 7.86. The molecule has 2 aromatic rings. The fourth-order valence-electron chi connectivity index (χ4n) is 1.96. The van der Waals surface area contributed by atoms with Crippen LogP contribution < -0.4 is 10.6 Å². The maximum absolute atomic E-state index is 12.1. The minimum Gasteiger partial charge on any atom is -0.360 e. The Morgan fingerprint density at radius 2 is 1.54 bits per heavy atom. The summed E-state index contributed by atoms with van der Waals surface area (Å²) in [5.41, 5.74) is 0.0104. The normalized spacial score (nSPS) is 12.1. The smallest absolute Gasteiger partial charge is 0.294 e. The van der Waals surface area contributed by atoms with E-state index in [9.17, 15) is 21.6 Å². The van der Waals surface area contributed by atoms with E-state index in [1.54, 1.807) is 6.07 Å². The van der Waals surface area contributed by atoms with Crippen molar-refractivity contribution in [2.45, 2.75) is 9.79 Å². The SMILES string of the molecule is N#C/C(=C/Nc1cccc(S(=O)(=O)O)c1)C(=O)Nc1ccc(S(=O)(=O)O)cc1. The van der Waals surface area contributed by atoms with Gasteiger partial charge in [0.15, 0.2) is 0 Å². The molecule has 0 aromatic heterocycles. The van der Waals surface area contributed by atoms with Gasteiger partial charge < -0.3 is 10.6 Å². The monoisotopic (exact) mass is 423 g/mol. The van der Waals surface area contributed by atoms with Gasteiger partial charge in [-0.25, -0.2) is 0 Å². The second-order valence-electron chi connectivity index (χ2n) is 5.27. The highest BCUT2D eigenvalue weighted by Crippen LogP contribution is 2.17. The molecule has 4 N–H and O–H groups in total. The first kappa shape index (κ1) is 21.1. The van der Waals surface area contributed by atoms with Crippen LogP contribution in [0, 0.1) is 11.3 Å². The summed E-state index contributed by atoms with van der Waals surface area (Å²) in [6.45, 7) is 0. The largest absolute Gasteiger partial charge is 0.360 e. The zero-order valence-electron chi connectivity index (χ0n) is 13.9. The molecule has 0 spiro atoms. The number of hydrogen-bond acceptors (Lipinski definition) is 7. The van der Waals surface area contributed by atoms with Gasteiger partial charge in [-0.05, 0) is 42.5 Å². The lowest BCUT2D eigenvalue weighted by Gasteiger charge is -2.06. The average Bonchev–Trinajstić information content (AvgIpc) is 2.61. The van der Waals surface area contributed by atoms with Gasteiger partial charge in [0.25, 0.3) is 26.1 Å². The van der Waals surface area contributed by atoms with Crippen LogP contribution in [-0.2, 0) is 25.0 Å². The molecule has 0 saturated heterocycles. The van der Waals surface area contributed by atoms with Gasteiger partial charge in [-0.1, -0.05) is 6.07 Å². The first-order chi connectivity index (χ1) is 13.0. The number of carbonyl (C=O) groups is 1. The fraction of sp³-hybridized carbons (Fsp3) is 0. The number of nitriles is 1. The van der Waals surface area contributed by atoms with Gasteiger partial charge in [-0.2, -0.15) is 22.1 Å². The molecule has 0 aliphatic carbocycles. The predicted octanol–water partition coefficient (Wildman–Crippen LogP) is 1.64. The molecule has 0 saturated carbocycles. The molecule has 2 rings (SSSR count). The first-order valence-corrected chi connectivity index (χ1v) is 10.2. The summed E-state index contributed by atoms with van der Waals surface area (Å²) in [5, 5.41) is 14.1. The van der Waals surface area contributed by atoms with E-state index in [0.717, 1.165) is 24.4 Å². The summed E-state index contributed by atoms with van der Waals surface area (Å²) in [4.78, 5) is 11.4. The van der Waals surface area contributed by atoms with Crippen LogP contribution in [0.3, 0.4) is 0 Å². The van der Waals surface area contributed by atoms with E-state index >= 15 is 0 Å². The van der Waals surface area contributed by atoms with Crippen molar-refractivity contribution >= 4 is 37.5 Å².